The average molecular weight is 357 g/mol. The van der Waals surface area contributed by atoms with Crippen molar-refractivity contribution in [3.63, 3.8) is 0 Å². The first-order valence-corrected chi connectivity index (χ1v) is 9.39. The van der Waals surface area contributed by atoms with Crippen molar-refractivity contribution in [3.8, 4) is 0 Å². The van der Waals surface area contributed by atoms with Crippen molar-refractivity contribution in [2.75, 3.05) is 6.54 Å². The van der Waals surface area contributed by atoms with Gasteiger partial charge in [0.2, 0.25) is 17.7 Å². The van der Waals surface area contributed by atoms with Gasteiger partial charge in [-0.05, 0) is 49.3 Å². The van der Waals surface area contributed by atoms with Crippen LogP contribution in [-0.2, 0) is 16.8 Å². The van der Waals surface area contributed by atoms with E-state index in [1.54, 1.807) is 12.1 Å². The van der Waals surface area contributed by atoms with E-state index in [1.807, 2.05) is 18.7 Å². The third-order valence-corrected chi connectivity index (χ3v) is 5.88. The summed E-state index contributed by atoms with van der Waals surface area (Å²) in [7, 11) is 0. The lowest BCUT2D eigenvalue weighted by Gasteiger charge is -2.47. The highest BCUT2D eigenvalue weighted by Crippen LogP contribution is 2.56. The molecule has 138 valence electrons. The van der Waals surface area contributed by atoms with Gasteiger partial charge in [0.15, 0.2) is 0 Å². The number of halogens is 1. The van der Waals surface area contributed by atoms with Crippen LogP contribution in [0.25, 0.3) is 0 Å². The lowest BCUT2D eigenvalue weighted by atomic mass is 9.67. The van der Waals surface area contributed by atoms with E-state index in [4.69, 9.17) is 4.42 Å². The molecular weight excluding hydrogens is 333 g/mol. The molecule has 1 amide bonds. The number of hydrogen-bond acceptors (Lipinski definition) is 4. The number of nitrogens with zero attached hydrogens (tertiary/aromatic N) is 3. The third kappa shape index (κ3) is 2.72. The number of likely N-dealkylation sites (tertiary alicyclic amines) is 1. The maximum Gasteiger partial charge on any atom is 0.242 e. The Hall–Kier alpha value is -2.24. The Bertz CT molecular complexity index is 802. The number of carbonyl (C=O) groups excluding carboxylic acids is 1. The summed E-state index contributed by atoms with van der Waals surface area (Å²) in [5.74, 6) is 1.68. The van der Waals surface area contributed by atoms with Crippen molar-refractivity contribution in [2.45, 2.75) is 57.4 Å². The standard InChI is InChI=1S/C20H24FN3O2/c1-13(2)18-22-23-19(26-18)20-11-9-15(20)10-12-24(20)17(25)8-5-14-3-6-16(21)7-4-14/h3-4,6-7,13,15H,5,8-12H2,1-2H3/t15-,20-/m0/s1. The van der Waals surface area contributed by atoms with Gasteiger partial charge < -0.3 is 9.32 Å². The number of aromatic nitrogens is 2. The van der Waals surface area contributed by atoms with Crippen LogP contribution in [-0.4, -0.2) is 27.5 Å². The molecule has 1 aromatic heterocycles. The largest absolute Gasteiger partial charge is 0.422 e. The summed E-state index contributed by atoms with van der Waals surface area (Å²) >= 11 is 0. The first kappa shape index (κ1) is 17.2. The number of carbonyl (C=O) groups is 1. The van der Waals surface area contributed by atoms with Gasteiger partial charge in [0.1, 0.15) is 11.4 Å². The Morgan fingerprint density at radius 1 is 1.31 bits per heavy atom. The minimum Gasteiger partial charge on any atom is -0.422 e. The molecule has 26 heavy (non-hydrogen) atoms. The normalized spacial score (nSPS) is 24.6. The molecule has 2 aliphatic rings. The van der Waals surface area contributed by atoms with E-state index in [-0.39, 0.29) is 17.6 Å². The lowest BCUT2D eigenvalue weighted by molar-refractivity contribution is -0.142. The quantitative estimate of drug-likeness (QED) is 0.817. The van der Waals surface area contributed by atoms with Crippen molar-refractivity contribution in [3.05, 3.63) is 47.4 Å². The molecule has 1 aliphatic heterocycles. The minimum atomic E-state index is -0.403. The van der Waals surface area contributed by atoms with Crippen LogP contribution in [0.15, 0.2) is 28.7 Å². The lowest BCUT2D eigenvalue weighted by Crippen LogP contribution is -2.54. The molecule has 0 spiro atoms. The van der Waals surface area contributed by atoms with Gasteiger partial charge >= 0.3 is 0 Å². The monoisotopic (exact) mass is 357 g/mol. The van der Waals surface area contributed by atoms with Crippen molar-refractivity contribution in [1.29, 1.82) is 0 Å². The molecule has 2 atom stereocenters. The van der Waals surface area contributed by atoms with Gasteiger partial charge in [-0.15, -0.1) is 10.2 Å². The summed E-state index contributed by atoms with van der Waals surface area (Å²) in [6.45, 7) is 4.78. The second-order valence-corrected chi connectivity index (χ2v) is 7.72. The van der Waals surface area contributed by atoms with Crippen molar-refractivity contribution in [2.24, 2.45) is 5.92 Å². The number of amides is 1. The molecule has 1 aromatic carbocycles. The van der Waals surface area contributed by atoms with E-state index in [0.717, 1.165) is 31.4 Å². The van der Waals surface area contributed by atoms with E-state index >= 15 is 0 Å². The summed E-state index contributed by atoms with van der Waals surface area (Å²) in [6, 6.07) is 6.35. The summed E-state index contributed by atoms with van der Waals surface area (Å²) in [5, 5.41) is 8.48. The molecule has 2 fully saturated rings. The van der Waals surface area contributed by atoms with Crippen LogP contribution in [0.5, 0.6) is 0 Å². The number of rotatable bonds is 5. The van der Waals surface area contributed by atoms with Gasteiger partial charge in [-0.3, -0.25) is 4.79 Å². The van der Waals surface area contributed by atoms with Crippen LogP contribution in [0.3, 0.4) is 0 Å². The molecular formula is C20H24FN3O2. The number of fused-ring (bicyclic) bond motifs is 1. The first-order valence-electron chi connectivity index (χ1n) is 9.39. The zero-order chi connectivity index (χ0) is 18.3. The summed E-state index contributed by atoms with van der Waals surface area (Å²) in [6.07, 6.45) is 3.99. The fourth-order valence-corrected chi connectivity index (χ4v) is 4.27. The molecule has 2 heterocycles. The Kier molecular flexibility index (Phi) is 4.29. The molecule has 5 nitrogen and oxygen atoms in total. The van der Waals surface area contributed by atoms with E-state index in [2.05, 4.69) is 10.2 Å². The van der Waals surface area contributed by atoms with Gasteiger partial charge in [0.25, 0.3) is 0 Å². The van der Waals surface area contributed by atoms with Crippen molar-refractivity contribution in [1.82, 2.24) is 15.1 Å². The molecule has 1 saturated carbocycles. The maximum atomic E-state index is 13.0. The minimum absolute atomic E-state index is 0.112. The van der Waals surface area contributed by atoms with Gasteiger partial charge in [0.05, 0.1) is 0 Å². The molecule has 0 radical (unpaired) electrons. The summed E-state index contributed by atoms with van der Waals surface area (Å²) in [5.41, 5.74) is 0.568. The molecule has 1 aliphatic carbocycles. The van der Waals surface area contributed by atoms with E-state index in [0.29, 0.717) is 30.5 Å². The first-order chi connectivity index (χ1) is 12.5. The van der Waals surface area contributed by atoms with Crippen molar-refractivity contribution >= 4 is 5.91 Å². The molecule has 0 bridgehead atoms. The van der Waals surface area contributed by atoms with E-state index in [1.165, 1.54) is 12.1 Å². The zero-order valence-corrected chi connectivity index (χ0v) is 15.2. The average Bonchev–Trinajstić information content (AvgIpc) is 3.18. The highest BCUT2D eigenvalue weighted by atomic mass is 19.1. The molecule has 2 aromatic rings. The smallest absolute Gasteiger partial charge is 0.242 e. The fourth-order valence-electron chi connectivity index (χ4n) is 4.27. The Morgan fingerprint density at radius 2 is 2.08 bits per heavy atom. The maximum absolute atomic E-state index is 13.0. The molecule has 0 N–H and O–H groups in total. The SMILES string of the molecule is CC(C)c1nnc([C@]23CC[C@H]2CCN3C(=O)CCc2ccc(F)cc2)o1. The predicted molar refractivity (Wildman–Crippen MR) is 93.8 cm³/mol. The van der Waals surface area contributed by atoms with E-state index in [9.17, 15) is 9.18 Å². The molecule has 4 rings (SSSR count). The van der Waals surface area contributed by atoms with Gasteiger partial charge in [0, 0.05) is 18.9 Å². The van der Waals surface area contributed by atoms with Crippen molar-refractivity contribution < 1.29 is 13.6 Å². The molecule has 1 saturated heterocycles. The van der Waals surface area contributed by atoms with Gasteiger partial charge in [-0.1, -0.05) is 26.0 Å². The van der Waals surface area contributed by atoms with Gasteiger partial charge in [-0.2, -0.15) is 0 Å². The van der Waals surface area contributed by atoms with E-state index < -0.39 is 5.54 Å². The molecule has 0 unspecified atom stereocenters. The zero-order valence-electron chi connectivity index (χ0n) is 15.2. The van der Waals surface area contributed by atoms with Crippen LogP contribution in [0, 0.1) is 11.7 Å². The number of hydrogen-bond donors (Lipinski definition) is 0. The third-order valence-electron chi connectivity index (χ3n) is 5.88. The highest BCUT2D eigenvalue weighted by molar-refractivity contribution is 5.78. The second-order valence-electron chi connectivity index (χ2n) is 7.72. The summed E-state index contributed by atoms with van der Waals surface area (Å²) in [4.78, 5) is 14.9. The number of benzene rings is 1. The Balaban J connectivity index is 1.51. The van der Waals surface area contributed by atoms with Gasteiger partial charge in [-0.25, -0.2) is 4.39 Å². The number of aryl methyl sites for hydroxylation is 1. The Labute approximate surface area is 152 Å². The topological polar surface area (TPSA) is 59.2 Å². The summed E-state index contributed by atoms with van der Waals surface area (Å²) < 4.78 is 19.0. The second kappa shape index (κ2) is 6.49. The van der Waals surface area contributed by atoms with Crippen LogP contribution in [0.1, 0.15) is 62.8 Å². The van der Waals surface area contributed by atoms with Crippen LogP contribution >= 0.6 is 0 Å². The van der Waals surface area contributed by atoms with Crippen LogP contribution in [0.2, 0.25) is 0 Å². The van der Waals surface area contributed by atoms with Crippen LogP contribution in [0.4, 0.5) is 4.39 Å². The highest BCUT2D eigenvalue weighted by Gasteiger charge is 2.60. The fraction of sp³-hybridized carbons (Fsp3) is 0.550. The molecule has 6 heteroatoms. The Morgan fingerprint density at radius 3 is 2.69 bits per heavy atom. The predicted octanol–water partition coefficient (Wildman–Crippen LogP) is 3.80. The van der Waals surface area contributed by atoms with Crippen LogP contribution < -0.4 is 0 Å².